The van der Waals surface area contributed by atoms with Gasteiger partial charge in [0.15, 0.2) is 0 Å². The van der Waals surface area contributed by atoms with Crippen LogP contribution in [0.2, 0.25) is 0 Å². The van der Waals surface area contributed by atoms with Gasteiger partial charge in [-0.15, -0.1) is 13.2 Å². The number of hydrogen-bond donors (Lipinski definition) is 0. The van der Waals surface area contributed by atoms with Crippen LogP contribution in [0.25, 0.3) is 5.69 Å². The highest BCUT2D eigenvalue weighted by molar-refractivity contribution is 5.37. The van der Waals surface area contributed by atoms with Crippen molar-refractivity contribution in [3.05, 3.63) is 76.5 Å². The number of hydrogen-bond acceptors (Lipinski definition) is 4. The van der Waals surface area contributed by atoms with Crippen molar-refractivity contribution < 1.29 is 27.0 Å². The SMILES string of the molecule is Cn1cc(CN2CCC(CCOc3ccc(F)cc3)CC2)c(=O)n1-c1ccc(OC(F)(F)F)cc1. The summed E-state index contributed by atoms with van der Waals surface area (Å²) >= 11 is 0. The summed E-state index contributed by atoms with van der Waals surface area (Å²) in [6.07, 6.45) is -0.106. The molecule has 4 rings (SSSR count). The lowest BCUT2D eigenvalue weighted by atomic mass is 9.94. The highest BCUT2D eigenvalue weighted by Crippen LogP contribution is 2.24. The number of ether oxygens (including phenoxy) is 2. The van der Waals surface area contributed by atoms with E-state index in [-0.39, 0.29) is 17.1 Å². The van der Waals surface area contributed by atoms with Gasteiger partial charge in [0.25, 0.3) is 5.56 Å². The van der Waals surface area contributed by atoms with E-state index in [1.807, 2.05) is 0 Å². The van der Waals surface area contributed by atoms with E-state index in [0.717, 1.165) is 32.4 Å². The number of aryl methyl sites for hydroxylation is 1. The first kappa shape index (κ1) is 24.8. The second-order valence-electron chi connectivity index (χ2n) is 8.70. The molecule has 6 nitrogen and oxygen atoms in total. The zero-order valence-corrected chi connectivity index (χ0v) is 19.3. The third kappa shape index (κ3) is 6.66. The van der Waals surface area contributed by atoms with Crippen molar-refractivity contribution in [2.24, 2.45) is 13.0 Å². The summed E-state index contributed by atoms with van der Waals surface area (Å²) in [6, 6.07) is 11.2. The molecular weight excluding hydrogens is 466 g/mol. The van der Waals surface area contributed by atoms with E-state index in [2.05, 4.69) is 9.64 Å². The van der Waals surface area contributed by atoms with Gasteiger partial charge in [-0.05, 0) is 86.8 Å². The Bertz CT molecular complexity index is 1160. The molecule has 0 unspecified atom stereocenters. The minimum atomic E-state index is -4.76. The molecule has 35 heavy (non-hydrogen) atoms. The fourth-order valence-corrected chi connectivity index (χ4v) is 4.36. The van der Waals surface area contributed by atoms with Crippen molar-refractivity contribution in [1.29, 1.82) is 0 Å². The Balaban J connectivity index is 1.29. The van der Waals surface area contributed by atoms with Crippen LogP contribution in [-0.2, 0) is 13.6 Å². The Labute approximate surface area is 200 Å². The van der Waals surface area contributed by atoms with Crippen molar-refractivity contribution in [2.75, 3.05) is 19.7 Å². The van der Waals surface area contributed by atoms with Crippen LogP contribution in [0.4, 0.5) is 17.6 Å². The van der Waals surface area contributed by atoms with Crippen molar-refractivity contribution >= 4 is 0 Å². The second-order valence-corrected chi connectivity index (χ2v) is 8.70. The number of rotatable bonds is 8. The predicted molar refractivity (Wildman–Crippen MR) is 122 cm³/mol. The van der Waals surface area contributed by atoms with Gasteiger partial charge in [-0.1, -0.05) is 0 Å². The lowest BCUT2D eigenvalue weighted by Crippen LogP contribution is -2.35. The molecule has 2 heterocycles. The van der Waals surface area contributed by atoms with Crippen molar-refractivity contribution in [2.45, 2.75) is 32.2 Å². The maximum absolute atomic E-state index is 13.0. The number of alkyl halides is 3. The zero-order valence-electron chi connectivity index (χ0n) is 19.3. The highest BCUT2D eigenvalue weighted by atomic mass is 19.4. The highest BCUT2D eigenvalue weighted by Gasteiger charge is 2.31. The topological polar surface area (TPSA) is 48.6 Å². The van der Waals surface area contributed by atoms with Crippen LogP contribution in [-0.4, -0.2) is 40.3 Å². The van der Waals surface area contributed by atoms with Crippen LogP contribution in [0, 0.1) is 11.7 Å². The van der Waals surface area contributed by atoms with Gasteiger partial charge < -0.3 is 9.47 Å². The smallest absolute Gasteiger partial charge is 0.494 e. The normalized spacial score (nSPS) is 15.3. The van der Waals surface area contributed by atoms with Gasteiger partial charge in [-0.25, -0.2) is 9.07 Å². The van der Waals surface area contributed by atoms with Gasteiger partial charge in [0.1, 0.15) is 17.3 Å². The van der Waals surface area contributed by atoms with Crippen molar-refractivity contribution in [1.82, 2.24) is 14.3 Å². The Hall–Kier alpha value is -3.27. The lowest BCUT2D eigenvalue weighted by molar-refractivity contribution is -0.274. The first-order valence-electron chi connectivity index (χ1n) is 11.4. The largest absolute Gasteiger partial charge is 0.573 e. The molecule has 1 aliphatic rings. The van der Waals surface area contributed by atoms with Gasteiger partial charge in [0.2, 0.25) is 0 Å². The summed E-state index contributed by atoms with van der Waals surface area (Å²) in [5, 5.41) is 0. The summed E-state index contributed by atoms with van der Waals surface area (Å²) in [6.45, 7) is 2.80. The van der Waals surface area contributed by atoms with Gasteiger partial charge in [-0.3, -0.25) is 14.4 Å². The molecule has 3 aromatic rings. The fourth-order valence-electron chi connectivity index (χ4n) is 4.36. The summed E-state index contributed by atoms with van der Waals surface area (Å²) in [7, 11) is 1.72. The number of piperidine rings is 1. The summed E-state index contributed by atoms with van der Waals surface area (Å²) < 4.78 is 62.8. The first-order valence-corrected chi connectivity index (χ1v) is 11.4. The molecule has 0 N–H and O–H groups in total. The molecule has 2 aromatic carbocycles. The number of nitrogens with zero attached hydrogens (tertiary/aromatic N) is 3. The van der Waals surface area contributed by atoms with Crippen LogP contribution in [0.15, 0.2) is 59.5 Å². The number of likely N-dealkylation sites (tertiary alicyclic amines) is 1. The Kier molecular flexibility index (Phi) is 7.49. The van der Waals surface area contributed by atoms with Gasteiger partial charge >= 0.3 is 6.36 Å². The molecule has 0 bridgehead atoms. The molecule has 0 amide bonds. The predicted octanol–water partition coefficient (Wildman–Crippen LogP) is 4.89. The standard InChI is InChI=1S/C25H27F4N3O3/c1-30-16-19(24(33)32(30)21-4-8-23(9-5-21)35-25(27,28)29)17-31-13-10-18(11-14-31)12-15-34-22-6-2-20(26)3-7-22/h2-9,16,18H,10-15,17H2,1H3. The number of benzene rings is 2. The molecule has 10 heteroatoms. The molecule has 1 saturated heterocycles. The maximum atomic E-state index is 13.0. The molecule has 0 spiro atoms. The minimum Gasteiger partial charge on any atom is -0.494 e. The van der Waals surface area contributed by atoms with E-state index in [0.29, 0.717) is 36.1 Å². The molecule has 1 fully saturated rings. The average Bonchev–Trinajstić information content (AvgIpc) is 3.08. The Morgan fingerprint density at radius 1 is 0.971 bits per heavy atom. The average molecular weight is 494 g/mol. The Morgan fingerprint density at radius 3 is 2.23 bits per heavy atom. The van der Waals surface area contributed by atoms with E-state index in [1.165, 1.54) is 41.1 Å². The molecule has 0 saturated carbocycles. The molecule has 188 valence electrons. The van der Waals surface area contributed by atoms with Gasteiger partial charge in [0.05, 0.1) is 17.9 Å². The molecule has 0 aliphatic carbocycles. The number of aromatic nitrogens is 2. The summed E-state index contributed by atoms with van der Waals surface area (Å²) in [5.41, 5.74) is 0.881. The molecule has 1 aromatic heterocycles. The van der Waals surface area contributed by atoms with Crippen LogP contribution in [0.3, 0.4) is 0 Å². The minimum absolute atomic E-state index is 0.202. The van der Waals surface area contributed by atoms with Crippen LogP contribution < -0.4 is 15.0 Å². The van der Waals surface area contributed by atoms with E-state index < -0.39 is 6.36 Å². The van der Waals surface area contributed by atoms with Crippen molar-refractivity contribution in [3.8, 4) is 17.2 Å². The third-order valence-corrected chi connectivity index (χ3v) is 6.15. The molecule has 1 aliphatic heterocycles. The van der Waals surface area contributed by atoms with Crippen LogP contribution >= 0.6 is 0 Å². The third-order valence-electron chi connectivity index (χ3n) is 6.15. The van der Waals surface area contributed by atoms with Crippen molar-refractivity contribution in [3.63, 3.8) is 0 Å². The zero-order chi connectivity index (χ0) is 25.0. The van der Waals surface area contributed by atoms with E-state index in [1.54, 1.807) is 30.1 Å². The monoisotopic (exact) mass is 493 g/mol. The summed E-state index contributed by atoms with van der Waals surface area (Å²) in [5.74, 6) is 0.557. The molecule has 0 atom stereocenters. The number of halogens is 4. The first-order chi connectivity index (χ1) is 16.7. The molecule has 0 radical (unpaired) electrons. The van der Waals surface area contributed by atoms with Crippen LogP contribution in [0.1, 0.15) is 24.8 Å². The summed E-state index contributed by atoms with van der Waals surface area (Å²) in [4.78, 5) is 15.2. The Morgan fingerprint density at radius 2 is 1.60 bits per heavy atom. The van der Waals surface area contributed by atoms with E-state index >= 15 is 0 Å². The van der Waals surface area contributed by atoms with Gasteiger partial charge in [-0.2, -0.15) is 0 Å². The van der Waals surface area contributed by atoms with Gasteiger partial charge in [0, 0.05) is 19.8 Å². The fraction of sp³-hybridized carbons (Fsp3) is 0.400. The molecular formula is C25H27F4N3O3. The van der Waals surface area contributed by atoms with E-state index in [4.69, 9.17) is 4.74 Å². The quantitative estimate of drug-likeness (QED) is 0.419. The van der Waals surface area contributed by atoms with E-state index in [9.17, 15) is 22.4 Å². The lowest BCUT2D eigenvalue weighted by Gasteiger charge is -2.31. The maximum Gasteiger partial charge on any atom is 0.573 e. The van der Waals surface area contributed by atoms with Crippen LogP contribution in [0.5, 0.6) is 11.5 Å². The second kappa shape index (κ2) is 10.6.